The third-order valence-electron chi connectivity index (χ3n) is 6.38. The van der Waals surface area contributed by atoms with Crippen molar-refractivity contribution >= 4 is 17.7 Å². The fourth-order valence-corrected chi connectivity index (χ4v) is 4.97. The van der Waals surface area contributed by atoms with Gasteiger partial charge in [-0.2, -0.15) is 11.8 Å². The summed E-state index contributed by atoms with van der Waals surface area (Å²) in [5.74, 6) is 1.38. The van der Waals surface area contributed by atoms with Crippen molar-refractivity contribution in [2.45, 2.75) is 32.2 Å². The predicted octanol–water partition coefficient (Wildman–Crippen LogP) is 2.86. The van der Waals surface area contributed by atoms with Crippen molar-refractivity contribution in [1.29, 1.82) is 0 Å². The Labute approximate surface area is 161 Å². The summed E-state index contributed by atoms with van der Waals surface area (Å²) in [6, 6.07) is 10.7. The number of hydrogen-bond donors (Lipinski definition) is 1. The molecule has 2 heterocycles. The standard InChI is InChI=1S/C21H32N2O2S/c1-26-14-7-20(25)23-13-10-21(19(16-23)17-24)8-11-22(12-9-21)15-18-5-3-2-4-6-18/h2-6,19,24H,7-17H2,1H3/t19-/m1/s1. The molecule has 26 heavy (non-hydrogen) atoms. The van der Waals surface area contributed by atoms with Crippen molar-refractivity contribution in [2.75, 3.05) is 44.8 Å². The van der Waals surface area contributed by atoms with E-state index in [0.29, 0.717) is 6.42 Å². The van der Waals surface area contributed by atoms with Gasteiger partial charge in [-0.1, -0.05) is 30.3 Å². The summed E-state index contributed by atoms with van der Waals surface area (Å²) in [4.78, 5) is 16.9. The van der Waals surface area contributed by atoms with Crippen LogP contribution in [0.2, 0.25) is 0 Å². The highest BCUT2D eigenvalue weighted by Gasteiger charge is 2.45. The molecule has 0 saturated carbocycles. The number of aliphatic hydroxyl groups is 1. The zero-order chi connectivity index (χ0) is 18.4. The van der Waals surface area contributed by atoms with Crippen LogP contribution in [0.4, 0.5) is 0 Å². The Morgan fingerprint density at radius 2 is 1.88 bits per heavy atom. The number of nitrogens with zero attached hydrogens (tertiary/aromatic N) is 2. The van der Waals surface area contributed by atoms with Crippen LogP contribution in [0, 0.1) is 11.3 Å². The molecule has 1 atom stereocenters. The molecule has 1 aromatic rings. The maximum Gasteiger partial charge on any atom is 0.223 e. The van der Waals surface area contributed by atoms with Crippen LogP contribution in [-0.4, -0.2) is 65.6 Å². The largest absolute Gasteiger partial charge is 0.396 e. The second kappa shape index (κ2) is 9.25. The van der Waals surface area contributed by atoms with Gasteiger partial charge in [-0.15, -0.1) is 0 Å². The molecule has 2 saturated heterocycles. The first-order valence-electron chi connectivity index (χ1n) is 9.81. The van der Waals surface area contributed by atoms with E-state index in [1.807, 2.05) is 11.2 Å². The lowest BCUT2D eigenvalue weighted by atomic mass is 9.64. The van der Waals surface area contributed by atoms with Crippen LogP contribution in [0.1, 0.15) is 31.2 Å². The van der Waals surface area contributed by atoms with E-state index in [-0.39, 0.29) is 23.8 Å². The number of hydrogen-bond acceptors (Lipinski definition) is 4. The minimum Gasteiger partial charge on any atom is -0.396 e. The first kappa shape index (κ1) is 19.7. The zero-order valence-electron chi connectivity index (χ0n) is 15.9. The Hall–Kier alpha value is -1.04. The van der Waals surface area contributed by atoms with Gasteiger partial charge < -0.3 is 10.0 Å². The first-order chi connectivity index (χ1) is 12.7. The van der Waals surface area contributed by atoms with E-state index >= 15 is 0 Å². The highest BCUT2D eigenvalue weighted by atomic mass is 32.2. The van der Waals surface area contributed by atoms with Gasteiger partial charge in [0.15, 0.2) is 0 Å². The van der Waals surface area contributed by atoms with E-state index in [2.05, 4.69) is 35.2 Å². The van der Waals surface area contributed by atoms with Crippen LogP contribution >= 0.6 is 11.8 Å². The summed E-state index contributed by atoms with van der Waals surface area (Å²) in [7, 11) is 0. The molecule has 0 bridgehead atoms. The van der Waals surface area contributed by atoms with Crippen molar-refractivity contribution in [3.05, 3.63) is 35.9 Å². The van der Waals surface area contributed by atoms with Crippen molar-refractivity contribution in [3.8, 4) is 0 Å². The SMILES string of the molecule is CSCCC(=O)N1CCC2(CCN(Cc3ccccc3)CC2)[C@@H](CO)C1. The molecule has 4 nitrogen and oxygen atoms in total. The number of carbonyl (C=O) groups excluding carboxylic acids is 1. The average molecular weight is 377 g/mol. The topological polar surface area (TPSA) is 43.8 Å². The number of carbonyl (C=O) groups is 1. The number of rotatable bonds is 6. The second-order valence-electron chi connectivity index (χ2n) is 7.84. The molecule has 5 heteroatoms. The molecule has 0 radical (unpaired) electrons. The van der Waals surface area contributed by atoms with Crippen LogP contribution in [0.5, 0.6) is 0 Å². The van der Waals surface area contributed by atoms with E-state index < -0.39 is 0 Å². The minimum absolute atomic E-state index is 0.199. The molecule has 2 fully saturated rings. The maximum absolute atomic E-state index is 12.4. The second-order valence-corrected chi connectivity index (χ2v) is 8.82. The molecule has 1 N–H and O–H groups in total. The number of benzene rings is 1. The number of piperidine rings is 2. The van der Waals surface area contributed by atoms with Crippen LogP contribution in [-0.2, 0) is 11.3 Å². The fourth-order valence-electron chi connectivity index (χ4n) is 4.59. The fraction of sp³-hybridized carbons (Fsp3) is 0.667. The zero-order valence-corrected chi connectivity index (χ0v) is 16.7. The highest BCUT2D eigenvalue weighted by molar-refractivity contribution is 7.98. The molecule has 0 unspecified atom stereocenters. The Morgan fingerprint density at radius 3 is 2.54 bits per heavy atom. The molecule has 0 aromatic heterocycles. The molecule has 1 aromatic carbocycles. The highest BCUT2D eigenvalue weighted by Crippen LogP contribution is 2.45. The van der Waals surface area contributed by atoms with E-state index in [1.165, 1.54) is 5.56 Å². The number of aliphatic hydroxyl groups excluding tert-OH is 1. The molecule has 0 aliphatic carbocycles. The summed E-state index contributed by atoms with van der Waals surface area (Å²) in [6.45, 7) is 4.99. The number of likely N-dealkylation sites (tertiary alicyclic amines) is 2. The molecule has 144 valence electrons. The van der Waals surface area contributed by atoms with Gasteiger partial charge in [-0.05, 0) is 49.6 Å². The van der Waals surface area contributed by atoms with Crippen molar-refractivity contribution in [2.24, 2.45) is 11.3 Å². The summed E-state index contributed by atoms with van der Waals surface area (Å²) in [5.41, 5.74) is 1.59. The van der Waals surface area contributed by atoms with Gasteiger partial charge in [-0.3, -0.25) is 9.69 Å². The Morgan fingerprint density at radius 1 is 1.19 bits per heavy atom. The molecular weight excluding hydrogens is 344 g/mol. The van der Waals surface area contributed by atoms with Gasteiger partial charge in [0.05, 0.1) is 0 Å². The van der Waals surface area contributed by atoms with E-state index in [1.54, 1.807) is 11.8 Å². The lowest BCUT2D eigenvalue weighted by molar-refractivity contribution is -0.137. The minimum atomic E-state index is 0.199. The smallest absolute Gasteiger partial charge is 0.223 e. The summed E-state index contributed by atoms with van der Waals surface area (Å²) in [6.07, 6.45) is 5.98. The number of amides is 1. The van der Waals surface area contributed by atoms with Crippen LogP contribution in [0.3, 0.4) is 0 Å². The van der Waals surface area contributed by atoms with Crippen LogP contribution < -0.4 is 0 Å². The molecule has 3 rings (SSSR count). The monoisotopic (exact) mass is 376 g/mol. The van der Waals surface area contributed by atoms with Crippen molar-refractivity contribution in [1.82, 2.24) is 9.80 Å². The van der Waals surface area contributed by atoms with Gasteiger partial charge >= 0.3 is 0 Å². The Balaban J connectivity index is 1.55. The van der Waals surface area contributed by atoms with Gasteiger partial charge in [0, 0.05) is 44.3 Å². The van der Waals surface area contributed by atoms with Crippen LogP contribution in [0.15, 0.2) is 30.3 Å². The van der Waals surface area contributed by atoms with E-state index in [9.17, 15) is 9.90 Å². The third-order valence-corrected chi connectivity index (χ3v) is 6.99. The predicted molar refractivity (Wildman–Crippen MR) is 108 cm³/mol. The normalized spacial score (nSPS) is 23.3. The summed E-state index contributed by atoms with van der Waals surface area (Å²) in [5, 5.41) is 10.0. The molecule has 2 aliphatic heterocycles. The van der Waals surface area contributed by atoms with E-state index in [4.69, 9.17) is 0 Å². The molecule has 1 spiro atoms. The number of thioether (sulfide) groups is 1. The molecule has 2 aliphatic rings. The van der Waals surface area contributed by atoms with Crippen molar-refractivity contribution in [3.63, 3.8) is 0 Å². The van der Waals surface area contributed by atoms with Gasteiger partial charge in [0.2, 0.25) is 5.91 Å². The first-order valence-corrected chi connectivity index (χ1v) is 11.2. The summed E-state index contributed by atoms with van der Waals surface area (Å²) >= 11 is 1.72. The van der Waals surface area contributed by atoms with Crippen LogP contribution in [0.25, 0.3) is 0 Å². The van der Waals surface area contributed by atoms with Gasteiger partial charge in [0.25, 0.3) is 0 Å². The lowest BCUT2D eigenvalue weighted by Gasteiger charge is -2.51. The quantitative estimate of drug-likeness (QED) is 0.829. The summed E-state index contributed by atoms with van der Waals surface area (Å²) < 4.78 is 0. The molecular formula is C21H32N2O2S. The Kier molecular flexibility index (Phi) is 7.01. The van der Waals surface area contributed by atoms with E-state index in [0.717, 1.165) is 57.7 Å². The average Bonchev–Trinajstić information content (AvgIpc) is 2.69. The third kappa shape index (κ3) is 4.62. The Bertz CT molecular complexity index is 573. The van der Waals surface area contributed by atoms with Crippen molar-refractivity contribution < 1.29 is 9.90 Å². The maximum atomic E-state index is 12.4. The van der Waals surface area contributed by atoms with Gasteiger partial charge in [-0.25, -0.2) is 0 Å². The lowest BCUT2D eigenvalue weighted by Crippen LogP contribution is -2.54. The van der Waals surface area contributed by atoms with Gasteiger partial charge in [0.1, 0.15) is 0 Å². The molecule has 1 amide bonds.